The Morgan fingerprint density at radius 3 is 2.39 bits per heavy atom. The van der Waals surface area contributed by atoms with Gasteiger partial charge >= 0.3 is 11.9 Å². The maximum atomic E-state index is 9.55. The molecular weight excluding hydrogens is 420 g/mol. The second-order valence-electron chi connectivity index (χ2n) is 8.15. The molecule has 1 atom stereocenters. The number of likely N-dealkylation sites (N-methyl/N-ethyl adjacent to an activating group) is 1. The Hall–Kier alpha value is -3.87. The van der Waals surface area contributed by atoms with Crippen molar-refractivity contribution in [3.63, 3.8) is 0 Å². The Morgan fingerprint density at radius 1 is 1.00 bits per heavy atom. The number of fused-ring (bicyclic) bond motifs is 2. The van der Waals surface area contributed by atoms with Crippen molar-refractivity contribution in [1.29, 1.82) is 0 Å². The minimum Gasteiger partial charge on any atom is -0.483 e. The van der Waals surface area contributed by atoms with E-state index in [2.05, 4.69) is 60.5 Å². The topological polar surface area (TPSA) is 100.0 Å². The van der Waals surface area contributed by atoms with Gasteiger partial charge in [-0.1, -0.05) is 36.4 Å². The van der Waals surface area contributed by atoms with Crippen LogP contribution in [0.25, 0.3) is 10.9 Å². The molecule has 0 amide bonds. The number of aryl methyl sites for hydroxylation is 1. The lowest BCUT2D eigenvalue weighted by Gasteiger charge is -2.27. The number of benzene rings is 2. The molecule has 7 heteroatoms. The van der Waals surface area contributed by atoms with Crippen molar-refractivity contribution in [2.24, 2.45) is 0 Å². The first-order chi connectivity index (χ1) is 15.9. The Morgan fingerprint density at radius 2 is 1.70 bits per heavy atom. The van der Waals surface area contributed by atoms with Gasteiger partial charge in [0.25, 0.3) is 0 Å². The fraction of sp³-hybridized carbons (Fsp3) is 0.269. The molecule has 0 saturated heterocycles. The van der Waals surface area contributed by atoms with Crippen LogP contribution in [0.4, 0.5) is 5.69 Å². The third-order valence-electron chi connectivity index (χ3n) is 5.85. The van der Waals surface area contributed by atoms with Gasteiger partial charge in [0.05, 0.1) is 23.1 Å². The summed E-state index contributed by atoms with van der Waals surface area (Å²) in [5.41, 5.74) is 6.35. The highest BCUT2D eigenvalue weighted by atomic mass is 16.5. The van der Waals surface area contributed by atoms with Gasteiger partial charge in [0.15, 0.2) is 0 Å². The summed E-state index contributed by atoms with van der Waals surface area (Å²) < 4.78 is 6.49. The smallest absolute Gasteiger partial charge is 0.328 e. The molecule has 0 saturated carbocycles. The van der Waals surface area contributed by atoms with Crippen LogP contribution in [0.2, 0.25) is 0 Å². The quantitative estimate of drug-likeness (QED) is 0.576. The van der Waals surface area contributed by atoms with E-state index >= 15 is 0 Å². The van der Waals surface area contributed by atoms with E-state index in [4.69, 9.17) is 19.9 Å². The summed E-state index contributed by atoms with van der Waals surface area (Å²) in [7, 11) is 2.20. The summed E-state index contributed by atoms with van der Waals surface area (Å²) >= 11 is 0. The number of carboxylic acids is 2. The van der Waals surface area contributed by atoms with Gasteiger partial charge in [-0.2, -0.15) is 0 Å². The number of anilines is 1. The molecule has 7 nitrogen and oxygen atoms in total. The minimum absolute atomic E-state index is 0.0310. The molecule has 5 rings (SSSR count). The number of hydrogen-bond acceptors (Lipinski definition) is 5. The zero-order valence-corrected chi connectivity index (χ0v) is 18.4. The van der Waals surface area contributed by atoms with Crippen molar-refractivity contribution in [2.45, 2.75) is 31.8 Å². The Balaban J connectivity index is 0.000000281. The maximum absolute atomic E-state index is 9.55. The standard InChI is InChI=1S/C22H22N2O.C4H4O4/c1-24-14-20(15-8-3-2-4-9-15)25-19-13-7-12-18-21(19)22(24)16-10-5-6-11-17(16)23-18;5-3(6)1-2-4(7)8/h2-4,7-9,12-13,20H,5-6,10-11,14H2,1H3;1-2H,(H,5,6)(H,7,8)/b;2-1+. The van der Waals surface area contributed by atoms with Gasteiger partial charge in [-0.05, 0) is 48.9 Å². The average Bonchev–Trinajstić information content (AvgIpc) is 2.96. The number of carboxylic acid groups (broad SMARTS) is 2. The highest BCUT2D eigenvalue weighted by Crippen LogP contribution is 2.43. The van der Waals surface area contributed by atoms with Crippen molar-refractivity contribution < 1.29 is 24.5 Å². The number of ether oxygens (including phenoxy) is 1. The molecule has 1 aliphatic heterocycles. The normalized spacial score (nSPS) is 16.9. The van der Waals surface area contributed by atoms with Crippen molar-refractivity contribution in [2.75, 3.05) is 18.5 Å². The van der Waals surface area contributed by atoms with E-state index in [1.165, 1.54) is 40.7 Å². The van der Waals surface area contributed by atoms with Crippen LogP contribution < -0.4 is 9.64 Å². The Labute approximate surface area is 191 Å². The molecule has 0 fully saturated rings. The number of nitrogens with zero attached hydrogens (tertiary/aromatic N) is 2. The lowest BCUT2D eigenvalue weighted by Crippen LogP contribution is -2.27. The van der Waals surface area contributed by atoms with Crippen molar-refractivity contribution in [1.82, 2.24) is 4.98 Å². The molecule has 33 heavy (non-hydrogen) atoms. The van der Waals surface area contributed by atoms with Gasteiger partial charge in [-0.3, -0.25) is 4.98 Å². The fourth-order valence-electron chi connectivity index (χ4n) is 4.45. The molecule has 2 aliphatic rings. The average molecular weight is 447 g/mol. The molecule has 2 aromatic carbocycles. The molecule has 2 heterocycles. The predicted octanol–water partition coefficient (Wildman–Crippen LogP) is 4.40. The van der Waals surface area contributed by atoms with Crippen LogP contribution in [0.3, 0.4) is 0 Å². The SMILES string of the molecule is CN1CC(c2ccccc2)Oc2cccc3nc4c(c1c23)CCCC4.O=C(O)/C=C/C(=O)O. The number of rotatable bonds is 3. The first-order valence-corrected chi connectivity index (χ1v) is 10.9. The van der Waals surface area contributed by atoms with Gasteiger partial charge in [-0.15, -0.1) is 0 Å². The first kappa shape index (κ1) is 22.3. The molecule has 0 bridgehead atoms. The van der Waals surface area contributed by atoms with Gasteiger partial charge in [0.1, 0.15) is 11.9 Å². The molecule has 0 radical (unpaired) electrons. The monoisotopic (exact) mass is 446 g/mol. The van der Waals surface area contributed by atoms with Crippen LogP contribution in [-0.4, -0.2) is 40.7 Å². The van der Waals surface area contributed by atoms with E-state index in [9.17, 15) is 9.59 Å². The summed E-state index contributed by atoms with van der Waals surface area (Å²) in [5, 5.41) is 16.8. The summed E-state index contributed by atoms with van der Waals surface area (Å²) in [6, 6.07) is 16.8. The van der Waals surface area contributed by atoms with E-state index in [0.717, 1.165) is 30.7 Å². The number of pyridine rings is 1. The molecule has 1 aromatic heterocycles. The van der Waals surface area contributed by atoms with E-state index < -0.39 is 11.9 Å². The van der Waals surface area contributed by atoms with Crippen LogP contribution in [0.15, 0.2) is 60.7 Å². The highest BCUT2D eigenvalue weighted by Gasteiger charge is 2.28. The lowest BCUT2D eigenvalue weighted by atomic mass is 9.92. The molecule has 0 spiro atoms. The van der Waals surface area contributed by atoms with Crippen molar-refractivity contribution in [3.05, 3.63) is 77.5 Å². The molecular formula is C26H26N2O5. The summed E-state index contributed by atoms with van der Waals surface area (Å²) in [6.07, 6.45) is 5.87. The van der Waals surface area contributed by atoms with Gasteiger partial charge < -0.3 is 19.8 Å². The highest BCUT2D eigenvalue weighted by molar-refractivity contribution is 5.99. The zero-order chi connectivity index (χ0) is 23.4. The van der Waals surface area contributed by atoms with E-state index in [-0.39, 0.29) is 6.10 Å². The summed E-state index contributed by atoms with van der Waals surface area (Å²) in [5.74, 6) is -1.55. The van der Waals surface area contributed by atoms with Crippen LogP contribution in [0, 0.1) is 0 Å². The maximum Gasteiger partial charge on any atom is 0.328 e. The fourth-order valence-corrected chi connectivity index (χ4v) is 4.45. The van der Waals surface area contributed by atoms with E-state index in [0.29, 0.717) is 12.2 Å². The van der Waals surface area contributed by atoms with Crippen molar-refractivity contribution >= 4 is 28.5 Å². The third-order valence-corrected chi connectivity index (χ3v) is 5.85. The van der Waals surface area contributed by atoms with Crippen LogP contribution in [0.1, 0.15) is 35.8 Å². The van der Waals surface area contributed by atoms with Crippen LogP contribution >= 0.6 is 0 Å². The summed E-state index contributed by atoms with van der Waals surface area (Å²) in [4.78, 5) is 26.5. The zero-order valence-electron chi connectivity index (χ0n) is 18.4. The van der Waals surface area contributed by atoms with Gasteiger partial charge in [0, 0.05) is 24.9 Å². The van der Waals surface area contributed by atoms with Gasteiger partial charge in [-0.25, -0.2) is 9.59 Å². The largest absolute Gasteiger partial charge is 0.483 e. The Bertz CT molecular complexity index is 1190. The molecule has 1 unspecified atom stereocenters. The van der Waals surface area contributed by atoms with Crippen LogP contribution in [0.5, 0.6) is 5.75 Å². The molecule has 2 N–H and O–H groups in total. The van der Waals surface area contributed by atoms with Crippen molar-refractivity contribution in [3.8, 4) is 5.75 Å². The van der Waals surface area contributed by atoms with E-state index in [1.54, 1.807) is 0 Å². The molecule has 1 aliphatic carbocycles. The molecule has 170 valence electrons. The second-order valence-corrected chi connectivity index (χ2v) is 8.15. The minimum atomic E-state index is -1.26. The predicted molar refractivity (Wildman–Crippen MR) is 126 cm³/mol. The van der Waals surface area contributed by atoms with Crippen LogP contribution in [-0.2, 0) is 22.4 Å². The second kappa shape index (κ2) is 9.73. The summed E-state index contributed by atoms with van der Waals surface area (Å²) in [6.45, 7) is 0.851. The van der Waals surface area contributed by atoms with E-state index in [1.807, 2.05) is 0 Å². The van der Waals surface area contributed by atoms with Gasteiger partial charge in [0.2, 0.25) is 0 Å². The molecule has 3 aromatic rings. The Kier molecular flexibility index (Phi) is 6.58. The number of aliphatic carboxylic acids is 2. The third kappa shape index (κ3) is 4.98. The number of hydrogen-bond donors (Lipinski definition) is 2. The lowest BCUT2D eigenvalue weighted by molar-refractivity contribution is -0.134. The number of carbonyl (C=O) groups is 2. The first-order valence-electron chi connectivity index (χ1n) is 10.9. The number of aromatic nitrogens is 1.